The summed E-state index contributed by atoms with van der Waals surface area (Å²) in [6, 6.07) is 5.65. The van der Waals surface area contributed by atoms with Gasteiger partial charge in [0, 0.05) is 6.54 Å². The molecule has 5 nitrogen and oxygen atoms in total. The average molecular weight is 335 g/mol. The Morgan fingerprint density at radius 2 is 1.75 bits per heavy atom. The average Bonchev–Trinajstić information content (AvgIpc) is 2.59. The summed E-state index contributed by atoms with van der Waals surface area (Å²) < 4.78 is 5.38. The smallest absolute Gasteiger partial charge is 0.243 e. The molecule has 1 unspecified atom stereocenters. The Morgan fingerprint density at radius 3 is 2.25 bits per heavy atom. The van der Waals surface area contributed by atoms with Crippen molar-refractivity contribution in [2.75, 3.05) is 45.2 Å². The van der Waals surface area contributed by atoms with Crippen LogP contribution >= 0.6 is 0 Å². The van der Waals surface area contributed by atoms with Crippen molar-refractivity contribution < 1.29 is 9.53 Å². The Labute approximate surface area is 147 Å². The monoisotopic (exact) mass is 335 g/mol. The number of anilines is 1. The lowest BCUT2D eigenvalue weighted by atomic mass is 10.1. The van der Waals surface area contributed by atoms with Crippen molar-refractivity contribution in [1.82, 2.24) is 9.80 Å². The Bertz CT molecular complexity index is 511. The maximum Gasteiger partial charge on any atom is 0.243 e. The van der Waals surface area contributed by atoms with Crippen LogP contribution in [0.3, 0.4) is 0 Å². The van der Waals surface area contributed by atoms with Crippen molar-refractivity contribution >= 4 is 11.6 Å². The molecule has 0 spiro atoms. The lowest BCUT2D eigenvalue weighted by molar-refractivity contribution is -0.121. The summed E-state index contributed by atoms with van der Waals surface area (Å²) in [7, 11) is 1.62. The fraction of sp³-hybridized carbons (Fsp3) is 0.632. The van der Waals surface area contributed by atoms with E-state index in [2.05, 4.69) is 42.8 Å². The van der Waals surface area contributed by atoms with E-state index in [9.17, 15) is 4.79 Å². The summed E-state index contributed by atoms with van der Waals surface area (Å²) in [5.41, 5.74) is 1.83. The molecule has 1 rings (SSSR count). The van der Waals surface area contributed by atoms with E-state index in [1.165, 1.54) is 0 Å². The predicted molar refractivity (Wildman–Crippen MR) is 101 cm³/mol. The van der Waals surface area contributed by atoms with Gasteiger partial charge in [-0.1, -0.05) is 33.8 Å². The Kier molecular flexibility index (Phi) is 8.79. The lowest BCUT2D eigenvalue weighted by Gasteiger charge is -2.32. The molecule has 0 heterocycles. The third-order valence-electron chi connectivity index (χ3n) is 4.49. The molecule has 0 aliphatic rings. The first-order valence-corrected chi connectivity index (χ1v) is 8.92. The molecular weight excluding hydrogens is 302 g/mol. The number of nitrogens with one attached hydrogen (secondary N) is 1. The molecule has 1 aromatic carbocycles. The topological polar surface area (TPSA) is 44.8 Å². The number of methoxy groups -OCH3 is 1. The number of nitrogens with zero attached hydrogens (tertiary/aromatic N) is 2. The summed E-state index contributed by atoms with van der Waals surface area (Å²) >= 11 is 0. The van der Waals surface area contributed by atoms with E-state index in [4.69, 9.17) is 4.74 Å². The molecule has 1 N–H and O–H groups in total. The largest absolute Gasteiger partial charge is 0.495 e. The van der Waals surface area contributed by atoms with E-state index in [0.29, 0.717) is 5.75 Å². The fourth-order valence-corrected chi connectivity index (χ4v) is 2.89. The number of aryl methyl sites for hydroxylation is 1. The third kappa shape index (κ3) is 5.49. The van der Waals surface area contributed by atoms with E-state index < -0.39 is 0 Å². The van der Waals surface area contributed by atoms with Crippen LogP contribution in [-0.4, -0.2) is 61.6 Å². The van der Waals surface area contributed by atoms with Crippen LogP contribution in [0.1, 0.15) is 33.3 Å². The van der Waals surface area contributed by atoms with E-state index >= 15 is 0 Å². The molecule has 0 saturated heterocycles. The van der Waals surface area contributed by atoms with Gasteiger partial charge in [-0.2, -0.15) is 0 Å². The maximum absolute atomic E-state index is 13.0. The van der Waals surface area contributed by atoms with Crippen LogP contribution in [-0.2, 0) is 4.79 Å². The molecule has 0 radical (unpaired) electrons. The van der Waals surface area contributed by atoms with E-state index in [-0.39, 0.29) is 11.9 Å². The molecule has 24 heavy (non-hydrogen) atoms. The van der Waals surface area contributed by atoms with E-state index in [1.54, 1.807) is 7.11 Å². The van der Waals surface area contributed by atoms with Crippen molar-refractivity contribution in [3.8, 4) is 5.75 Å². The molecule has 0 fully saturated rings. The standard InChI is InChI=1S/C19H33N3O2/c1-7-21(8-2)14-17(22(9-3)10-4)19(23)20-16-13-15(5)11-12-18(16)24-6/h11-13,17H,7-10,14H2,1-6H3,(H,20,23). The Balaban J connectivity index is 3.01. The van der Waals surface area contributed by atoms with Crippen LogP contribution in [0.4, 0.5) is 5.69 Å². The van der Waals surface area contributed by atoms with Gasteiger partial charge in [-0.25, -0.2) is 0 Å². The van der Waals surface area contributed by atoms with Gasteiger partial charge in [0.25, 0.3) is 0 Å². The van der Waals surface area contributed by atoms with Crippen molar-refractivity contribution in [2.45, 2.75) is 40.7 Å². The SMILES string of the molecule is CCN(CC)CC(C(=O)Nc1cc(C)ccc1OC)N(CC)CC. The zero-order chi connectivity index (χ0) is 18.1. The molecule has 1 atom stereocenters. The fourth-order valence-electron chi connectivity index (χ4n) is 2.89. The third-order valence-corrected chi connectivity index (χ3v) is 4.49. The minimum Gasteiger partial charge on any atom is -0.495 e. The molecule has 5 heteroatoms. The van der Waals surface area contributed by atoms with E-state index in [0.717, 1.165) is 44.0 Å². The quantitative estimate of drug-likeness (QED) is 0.714. The van der Waals surface area contributed by atoms with E-state index in [1.807, 2.05) is 25.1 Å². The van der Waals surface area contributed by atoms with Gasteiger partial charge in [-0.05, 0) is 50.8 Å². The molecule has 0 saturated carbocycles. The Morgan fingerprint density at radius 1 is 1.12 bits per heavy atom. The van der Waals surface area contributed by atoms with Crippen LogP contribution in [0.2, 0.25) is 0 Å². The van der Waals surface area contributed by atoms with Gasteiger partial charge in [-0.3, -0.25) is 9.69 Å². The zero-order valence-corrected chi connectivity index (χ0v) is 16.1. The normalized spacial score (nSPS) is 12.5. The second-order valence-corrected chi connectivity index (χ2v) is 5.92. The highest BCUT2D eigenvalue weighted by Gasteiger charge is 2.26. The zero-order valence-electron chi connectivity index (χ0n) is 16.1. The number of rotatable bonds is 10. The Hall–Kier alpha value is -1.59. The second kappa shape index (κ2) is 10.3. The number of ether oxygens (including phenoxy) is 1. The molecule has 1 amide bonds. The number of hydrogen-bond acceptors (Lipinski definition) is 4. The number of carbonyl (C=O) groups excluding carboxylic acids is 1. The molecule has 1 aromatic rings. The highest BCUT2D eigenvalue weighted by molar-refractivity contribution is 5.96. The summed E-state index contributed by atoms with van der Waals surface area (Å²) in [5.74, 6) is 0.713. The van der Waals surface area contributed by atoms with Gasteiger partial charge < -0.3 is 15.0 Å². The number of hydrogen-bond donors (Lipinski definition) is 1. The summed E-state index contributed by atoms with van der Waals surface area (Å²) in [6.45, 7) is 14.8. The first-order valence-electron chi connectivity index (χ1n) is 8.92. The molecule has 0 aromatic heterocycles. The number of likely N-dealkylation sites (N-methyl/N-ethyl adjacent to an activating group) is 2. The number of amides is 1. The first-order chi connectivity index (χ1) is 11.5. The highest BCUT2D eigenvalue weighted by atomic mass is 16.5. The summed E-state index contributed by atoms with van der Waals surface area (Å²) in [4.78, 5) is 17.5. The second-order valence-electron chi connectivity index (χ2n) is 5.92. The lowest BCUT2D eigenvalue weighted by Crippen LogP contribution is -2.50. The number of carbonyl (C=O) groups is 1. The van der Waals surface area contributed by atoms with Gasteiger partial charge in [-0.15, -0.1) is 0 Å². The van der Waals surface area contributed by atoms with Crippen molar-refractivity contribution in [3.05, 3.63) is 23.8 Å². The van der Waals surface area contributed by atoms with Gasteiger partial charge in [0.2, 0.25) is 5.91 Å². The van der Waals surface area contributed by atoms with Gasteiger partial charge in [0.1, 0.15) is 11.8 Å². The van der Waals surface area contributed by atoms with Crippen LogP contribution in [0.15, 0.2) is 18.2 Å². The van der Waals surface area contributed by atoms with Crippen molar-refractivity contribution in [3.63, 3.8) is 0 Å². The summed E-state index contributed by atoms with van der Waals surface area (Å²) in [6.07, 6.45) is 0. The van der Waals surface area contributed by atoms with Crippen molar-refractivity contribution in [2.24, 2.45) is 0 Å². The summed E-state index contributed by atoms with van der Waals surface area (Å²) in [5, 5.41) is 3.07. The highest BCUT2D eigenvalue weighted by Crippen LogP contribution is 2.25. The van der Waals surface area contributed by atoms with Crippen molar-refractivity contribution in [1.29, 1.82) is 0 Å². The predicted octanol–water partition coefficient (Wildman–Crippen LogP) is 2.99. The van der Waals surface area contributed by atoms with Gasteiger partial charge in [0.05, 0.1) is 12.8 Å². The van der Waals surface area contributed by atoms with Gasteiger partial charge in [0.15, 0.2) is 0 Å². The molecule has 0 bridgehead atoms. The minimum absolute atomic E-state index is 0.0227. The molecule has 136 valence electrons. The van der Waals surface area contributed by atoms with Crippen LogP contribution in [0.5, 0.6) is 5.75 Å². The first kappa shape index (κ1) is 20.5. The van der Waals surface area contributed by atoms with Gasteiger partial charge >= 0.3 is 0 Å². The van der Waals surface area contributed by atoms with Crippen LogP contribution < -0.4 is 10.1 Å². The van der Waals surface area contributed by atoms with Crippen LogP contribution in [0, 0.1) is 6.92 Å². The maximum atomic E-state index is 13.0. The van der Waals surface area contributed by atoms with Crippen LogP contribution in [0.25, 0.3) is 0 Å². The molecule has 0 aliphatic carbocycles. The number of benzene rings is 1. The minimum atomic E-state index is -0.176. The molecule has 0 aliphatic heterocycles. The molecular formula is C19H33N3O2.